The molecule has 0 spiro atoms. The van der Waals surface area contributed by atoms with Crippen molar-refractivity contribution in [1.29, 1.82) is 0 Å². The first-order chi connectivity index (χ1) is 17.3. The van der Waals surface area contributed by atoms with Crippen molar-refractivity contribution >= 4 is 42.6 Å². The lowest BCUT2D eigenvalue weighted by Crippen LogP contribution is -2.41. The number of benzene rings is 3. The third kappa shape index (κ3) is 4.81. The Morgan fingerprint density at radius 1 is 1.03 bits per heavy atom. The van der Waals surface area contributed by atoms with Crippen LogP contribution in [0.2, 0.25) is 0 Å². The van der Waals surface area contributed by atoms with Gasteiger partial charge in [0.05, 0.1) is 21.7 Å². The van der Waals surface area contributed by atoms with Crippen LogP contribution in [0.25, 0.3) is 10.2 Å². The third-order valence-corrected chi connectivity index (χ3v) is 9.79. The maximum atomic E-state index is 13.8. The Morgan fingerprint density at radius 2 is 1.78 bits per heavy atom. The van der Waals surface area contributed by atoms with Crippen LogP contribution in [0.1, 0.15) is 47.7 Å². The molecule has 5 rings (SSSR count). The molecule has 1 saturated heterocycles. The SMILES string of the molecule is Cc1cccc2sc(N(Cc3ccccc3)C(=O)c3ccc(S(=O)(=O)N4CCCCC4C)cc3)nc12. The molecule has 3 aromatic carbocycles. The molecule has 1 amide bonds. The van der Waals surface area contributed by atoms with E-state index in [9.17, 15) is 13.2 Å². The molecule has 0 radical (unpaired) electrons. The first-order valence-electron chi connectivity index (χ1n) is 12.2. The number of hydrogen-bond donors (Lipinski definition) is 0. The summed E-state index contributed by atoms with van der Waals surface area (Å²) in [6.45, 7) is 4.86. The van der Waals surface area contributed by atoms with Crippen LogP contribution in [0.15, 0.2) is 77.7 Å². The van der Waals surface area contributed by atoms with Gasteiger partial charge in [0, 0.05) is 18.2 Å². The number of thiazole rings is 1. The summed E-state index contributed by atoms with van der Waals surface area (Å²) in [7, 11) is -3.60. The number of rotatable bonds is 6. The molecular weight excluding hydrogens is 490 g/mol. The van der Waals surface area contributed by atoms with E-state index in [1.807, 2.05) is 62.4 Å². The van der Waals surface area contributed by atoms with Gasteiger partial charge in [0.15, 0.2) is 5.13 Å². The van der Waals surface area contributed by atoms with Crippen LogP contribution < -0.4 is 4.90 Å². The lowest BCUT2D eigenvalue weighted by Gasteiger charge is -2.32. The molecule has 0 saturated carbocycles. The second-order valence-corrected chi connectivity index (χ2v) is 12.2. The molecule has 4 aromatic rings. The van der Waals surface area contributed by atoms with E-state index in [0.717, 1.165) is 40.6 Å². The fraction of sp³-hybridized carbons (Fsp3) is 0.286. The van der Waals surface area contributed by atoms with Crippen molar-refractivity contribution in [2.75, 3.05) is 11.4 Å². The highest BCUT2D eigenvalue weighted by Gasteiger charge is 2.31. The van der Waals surface area contributed by atoms with Crippen LogP contribution in [0.5, 0.6) is 0 Å². The van der Waals surface area contributed by atoms with Crippen LogP contribution >= 0.6 is 11.3 Å². The van der Waals surface area contributed by atoms with Gasteiger partial charge < -0.3 is 0 Å². The zero-order valence-electron chi connectivity index (χ0n) is 20.4. The number of para-hydroxylation sites is 1. The molecule has 1 aliphatic rings. The second-order valence-electron chi connectivity index (χ2n) is 9.28. The number of aromatic nitrogens is 1. The van der Waals surface area contributed by atoms with Crippen LogP contribution in [0.4, 0.5) is 5.13 Å². The Kier molecular flexibility index (Phi) is 6.92. The number of fused-ring (bicyclic) bond motifs is 1. The van der Waals surface area contributed by atoms with Crippen LogP contribution in [0.3, 0.4) is 0 Å². The number of carbonyl (C=O) groups excluding carboxylic acids is 1. The molecule has 0 bridgehead atoms. The van der Waals surface area contributed by atoms with Gasteiger partial charge in [-0.25, -0.2) is 13.4 Å². The topological polar surface area (TPSA) is 70.6 Å². The number of sulfonamides is 1. The first kappa shape index (κ1) is 24.6. The van der Waals surface area contributed by atoms with Gasteiger partial charge in [0.1, 0.15) is 0 Å². The van der Waals surface area contributed by atoms with Crippen LogP contribution in [-0.2, 0) is 16.6 Å². The minimum Gasteiger partial charge on any atom is -0.279 e. The fourth-order valence-corrected chi connectivity index (χ4v) is 7.41. The van der Waals surface area contributed by atoms with Gasteiger partial charge in [-0.05, 0) is 68.1 Å². The number of nitrogens with zero attached hydrogens (tertiary/aromatic N) is 3. The minimum absolute atomic E-state index is 0.0195. The van der Waals surface area contributed by atoms with Gasteiger partial charge in [-0.3, -0.25) is 9.69 Å². The summed E-state index contributed by atoms with van der Waals surface area (Å²) in [6.07, 6.45) is 2.78. The standard InChI is InChI=1S/C28H29N3O3S2/c1-20-9-8-13-25-26(20)29-28(35-25)30(19-22-11-4-3-5-12-22)27(32)23-14-16-24(17-15-23)36(33,34)31-18-7-6-10-21(31)2/h3-5,8-9,11-17,21H,6-7,10,18-19H2,1-2H3. The molecule has 36 heavy (non-hydrogen) atoms. The minimum atomic E-state index is -3.60. The Labute approximate surface area is 216 Å². The van der Waals surface area contributed by atoms with Gasteiger partial charge in [-0.1, -0.05) is 60.2 Å². The van der Waals surface area contributed by atoms with E-state index < -0.39 is 10.0 Å². The molecule has 1 aromatic heterocycles. The highest BCUT2D eigenvalue weighted by molar-refractivity contribution is 7.89. The number of carbonyl (C=O) groups is 1. The zero-order valence-corrected chi connectivity index (χ0v) is 22.1. The highest BCUT2D eigenvalue weighted by atomic mass is 32.2. The Morgan fingerprint density at radius 3 is 2.47 bits per heavy atom. The van der Waals surface area contributed by atoms with Crippen molar-refractivity contribution in [2.24, 2.45) is 0 Å². The Hall–Kier alpha value is -3.07. The van der Waals surface area contributed by atoms with Crippen molar-refractivity contribution in [1.82, 2.24) is 9.29 Å². The van der Waals surface area contributed by atoms with E-state index >= 15 is 0 Å². The average molecular weight is 520 g/mol. The highest BCUT2D eigenvalue weighted by Crippen LogP contribution is 2.33. The fourth-order valence-electron chi connectivity index (χ4n) is 4.67. The zero-order chi connectivity index (χ0) is 25.3. The molecule has 0 N–H and O–H groups in total. The normalized spacial score (nSPS) is 16.8. The number of piperidine rings is 1. The van der Waals surface area contributed by atoms with Crippen molar-refractivity contribution in [2.45, 2.75) is 50.6 Å². The third-order valence-electron chi connectivity index (χ3n) is 6.72. The molecule has 8 heteroatoms. The second kappa shape index (κ2) is 10.1. The number of anilines is 1. The molecule has 6 nitrogen and oxygen atoms in total. The van der Waals surface area contributed by atoms with Gasteiger partial charge in [0.2, 0.25) is 10.0 Å². The summed E-state index contributed by atoms with van der Waals surface area (Å²) in [5.41, 5.74) is 3.36. The van der Waals surface area contributed by atoms with Crippen molar-refractivity contribution in [3.63, 3.8) is 0 Å². The molecule has 1 unspecified atom stereocenters. The molecule has 1 atom stereocenters. The summed E-state index contributed by atoms with van der Waals surface area (Å²) in [5.74, 6) is -0.217. The van der Waals surface area contributed by atoms with Gasteiger partial charge in [-0.15, -0.1) is 0 Å². The van der Waals surface area contributed by atoms with E-state index in [1.165, 1.54) is 11.3 Å². The summed E-state index contributed by atoms with van der Waals surface area (Å²) >= 11 is 1.48. The molecular formula is C28H29N3O3S2. The number of hydrogen-bond acceptors (Lipinski definition) is 5. The predicted octanol–water partition coefficient (Wildman–Crippen LogP) is 6.01. The average Bonchev–Trinajstić information content (AvgIpc) is 3.33. The molecule has 1 aliphatic heterocycles. The van der Waals surface area contributed by atoms with Crippen molar-refractivity contribution in [3.8, 4) is 0 Å². The van der Waals surface area contributed by atoms with Gasteiger partial charge in [0.25, 0.3) is 5.91 Å². The first-order valence-corrected chi connectivity index (χ1v) is 14.4. The lowest BCUT2D eigenvalue weighted by molar-refractivity contribution is 0.0985. The predicted molar refractivity (Wildman–Crippen MR) is 145 cm³/mol. The molecule has 2 heterocycles. The maximum Gasteiger partial charge on any atom is 0.260 e. The summed E-state index contributed by atoms with van der Waals surface area (Å²) in [6, 6.07) is 22.1. The van der Waals surface area contributed by atoms with Crippen molar-refractivity contribution < 1.29 is 13.2 Å². The van der Waals surface area contributed by atoms with E-state index in [0.29, 0.717) is 23.8 Å². The maximum absolute atomic E-state index is 13.8. The lowest BCUT2D eigenvalue weighted by atomic mass is 10.1. The van der Waals surface area contributed by atoms with Gasteiger partial charge in [-0.2, -0.15) is 4.31 Å². The Balaban J connectivity index is 1.48. The largest absolute Gasteiger partial charge is 0.279 e. The van der Waals surface area contributed by atoms with E-state index in [2.05, 4.69) is 0 Å². The van der Waals surface area contributed by atoms with E-state index in [-0.39, 0.29) is 16.8 Å². The number of aryl methyl sites for hydroxylation is 1. The molecule has 1 fully saturated rings. The quantitative estimate of drug-likeness (QED) is 0.313. The van der Waals surface area contributed by atoms with E-state index in [1.54, 1.807) is 33.5 Å². The van der Waals surface area contributed by atoms with Crippen LogP contribution in [-0.4, -0.2) is 36.2 Å². The number of amides is 1. The molecule has 0 aliphatic carbocycles. The Bertz CT molecular complexity index is 1480. The van der Waals surface area contributed by atoms with Gasteiger partial charge >= 0.3 is 0 Å². The monoisotopic (exact) mass is 519 g/mol. The summed E-state index contributed by atoms with van der Waals surface area (Å²) < 4.78 is 29.1. The summed E-state index contributed by atoms with van der Waals surface area (Å²) in [4.78, 5) is 20.5. The van der Waals surface area contributed by atoms with E-state index in [4.69, 9.17) is 4.98 Å². The molecule has 186 valence electrons. The smallest absolute Gasteiger partial charge is 0.260 e. The van der Waals surface area contributed by atoms with Crippen molar-refractivity contribution in [3.05, 3.63) is 89.5 Å². The summed E-state index contributed by atoms with van der Waals surface area (Å²) in [5, 5.41) is 0.618. The van der Waals surface area contributed by atoms with Crippen LogP contribution in [0, 0.1) is 6.92 Å².